The summed E-state index contributed by atoms with van der Waals surface area (Å²) in [6, 6.07) is 9.64. The molecule has 0 amide bonds. The molecule has 0 heterocycles. The van der Waals surface area contributed by atoms with Crippen molar-refractivity contribution in [1.82, 2.24) is 0 Å². The first-order valence-electron chi connectivity index (χ1n) is 4.28. The highest BCUT2D eigenvalue weighted by atomic mass is 15.1. The van der Waals surface area contributed by atoms with Crippen molar-refractivity contribution in [3.8, 4) is 6.07 Å². The Morgan fingerprint density at radius 1 is 1.36 bits per heavy atom. The molecule has 0 aliphatic rings. The molecule has 72 valence electrons. The van der Waals surface area contributed by atoms with E-state index in [1.54, 1.807) is 0 Å². The molecule has 0 spiro atoms. The first kappa shape index (κ1) is 10.1. The molecule has 0 fully saturated rings. The molecule has 1 aromatic rings. The summed E-state index contributed by atoms with van der Waals surface area (Å²) in [4.78, 5) is 2.01. The fourth-order valence-corrected chi connectivity index (χ4v) is 1.10. The Balaban J connectivity index is 2.95. The number of allylic oxidation sites excluding steroid dienone is 1. The topological polar surface area (TPSA) is 53.0 Å². The minimum absolute atomic E-state index is 0.498. The summed E-state index contributed by atoms with van der Waals surface area (Å²) in [6.45, 7) is 0. The summed E-state index contributed by atoms with van der Waals surface area (Å²) in [6.07, 6.45) is 1.34. The van der Waals surface area contributed by atoms with E-state index >= 15 is 0 Å². The number of rotatable bonds is 2. The molecule has 0 radical (unpaired) electrons. The largest absolute Gasteiger partial charge is 0.398 e. The van der Waals surface area contributed by atoms with E-state index in [4.69, 9.17) is 11.0 Å². The van der Waals surface area contributed by atoms with E-state index in [-0.39, 0.29) is 0 Å². The predicted molar refractivity (Wildman–Crippen MR) is 58.5 cm³/mol. The molecule has 0 aliphatic carbocycles. The van der Waals surface area contributed by atoms with Gasteiger partial charge in [-0.2, -0.15) is 5.26 Å². The number of hydrogen-bond donors (Lipinski definition) is 1. The molecular formula is C11H13N3. The molecule has 3 heteroatoms. The lowest BCUT2D eigenvalue weighted by Crippen LogP contribution is -2.08. The molecule has 0 saturated carbocycles. The maximum absolute atomic E-state index is 8.43. The van der Waals surface area contributed by atoms with Gasteiger partial charge >= 0.3 is 0 Å². The third-order valence-corrected chi connectivity index (χ3v) is 1.94. The summed E-state index contributed by atoms with van der Waals surface area (Å²) in [5, 5.41) is 8.43. The second-order valence-electron chi connectivity index (χ2n) is 3.17. The Labute approximate surface area is 84.1 Å². The molecule has 0 aliphatic heterocycles. The molecule has 3 nitrogen and oxygen atoms in total. The third kappa shape index (κ3) is 2.27. The molecule has 0 saturated heterocycles. The number of nitrogens with zero attached hydrogens (tertiary/aromatic N) is 2. The van der Waals surface area contributed by atoms with Crippen LogP contribution >= 0.6 is 0 Å². The van der Waals surface area contributed by atoms with Gasteiger partial charge in [0.05, 0.1) is 6.07 Å². The van der Waals surface area contributed by atoms with Crippen molar-refractivity contribution in [2.24, 2.45) is 5.73 Å². The minimum Gasteiger partial charge on any atom is -0.398 e. The van der Waals surface area contributed by atoms with Gasteiger partial charge in [-0.05, 0) is 17.7 Å². The molecular weight excluding hydrogens is 174 g/mol. The number of benzene rings is 1. The van der Waals surface area contributed by atoms with Gasteiger partial charge in [0.1, 0.15) is 0 Å². The third-order valence-electron chi connectivity index (χ3n) is 1.94. The fraction of sp³-hybridized carbons (Fsp3) is 0.182. The van der Waals surface area contributed by atoms with Crippen LogP contribution in [0.15, 0.2) is 30.3 Å². The highest BCUT2D eigenvalue weighted by Crippen LogP contribution is 2.15. The second-order valence-corrected chi connectivity index (χ2v) is 3.17. The average Bonchev–Trinajstić information content (AvgIpc) is 2.18. The number of nitriles is 1. The SMILES string of the molecule is CN(C)c1ccc(C(N)=CC#N)cc1. The van der Waals surface area contributed by atoms with Gasteiger partial charge in [0.2, 0.25) is 0 Å². The van der Waals surface area contributed by atoms with Gasteiger partial charge in [-0.3, -0.25) is 0 Å². The summed E-state index contributed by atoms with van der Waals surface area (Å²) < 4.78 is 0. The lowest BCUT2D eigenvalue weighted by molar-refractivity contribution is 1.13. The van der Waals surface area contributed by atoms with Crippen LogP contribution in [0.25, 0.3) is 5.70 Å². The molecule has 1 aromatic carbocycles. The van der Waals surface area contributed by atoms with Crippen LogP contribution in [0.2, 0.25) is 0 Å². The van der Waals surface area contributed by atoms with E-state index < -0.39 is 0 Å². The van der Waals surface area contributed by atoms with Crippen LogP contribution in [0.3, 0.4) is 0 Å². The lowest BCUT2D eigenvalue weighted by Gasteiger charge is -2.12. The second kappa shape index (κ2) is 4.33. The number of anilines is 1. The Morgan fingerprint density at radius 3 is 2.36 bits per heavy atom. The maximum Gasteiger partial charge on any atom is 0.0933 e. The van der Waals surface area contributed by atoms with Gasteiger partial charge in [-0.25, -0.2) is 0 Å². The van der Waals surface area contributed by atoms with Gasteiger partial charge in [0.25, 0.3) is 0 Å². The van der Waals surface area contributed by atoms with Crippen molar-refractivity contribution in [3.63, 3.8) is 0 Å². The highest BCUT2D eigenvalue weighted by Gasteiger charge is 1.97. The molecule has 1 rings (SSSR count). The van der Waals surface area contributed by atoms with Crippen LogP contribution in [-0.4, -0.2) is 14.1 Å². The highest BCUT2D eigenvalue weighted by molar-refractivity contribution is 5.66. The summed E-state index contributed by atoms with van der Waals surface area (Å²) in [5.74, 6) is 0. The zero-order valence-corrected chi connectivity index (χ0v) is 8.36. The van der Waals surface area contributed by atoms with E-state index in [2.05, 4.69) is 0 Å². The standard InChI is InChI=1S/C11H13N3/c1-14(2)10-5-3-9(4-6-10)11(13)7-8-12/h3-7H,13H2,1-2H3. The van der Waals surface area contributed by atoms with Crippen LogP contribution in [0.4, 0.5) is 5.69 Å². The number of hydrogen-bond acceptors (Lipinski definition) is 3. The van der Waals surface area contributed by atoms with Gasteiger partial charge in [0.15, 0.2) is 0 Å². The molecule has 2 N–H and O–H groups in total. The van der Waals surface area contributed by atoms with Crippen molar-refractivity contribution in [2.75, 3.05) is 19.0 Å². The Bertz CT molecular complexity index is 369. The first-order chi connectivity index (χ1) is 6.65. The molecule has 0 bridgehead atoms. The lowest BCUT2D eigenvalue weighted by atomic mass is 10.1. The maximum atomic E-state index is 8.43. The summed E-state index contributed by atoms with van der Waals surface area (Å²) in [7, 11) is 3.95. The Hall–Kier alpha value is -1.95. The smallest absolute Gasteiger partial charge is 0.0933 e. The van der Waals surface area contributed by atoms with Gasteiger partial charge in [-0.1, -0.05) is 12.1 Å². The fourth-order valence-electron chi connectivity index (χ4n) is 1.10. The number of nitrogens with two attached hydrogens (primary N) is 1. The van der Waals surface area contributed by atoms with Crippen molar-refractivity contribution in [1.29, 1.82) is 5.26 Å². The predicted octanol–water partition coefficient (Wildman–Crippen LogP) is 1.58. The van der Waals surface area contributed by atoms with E-state index in [0.717, 1.165) is 11.3 Å². The van der Waals surface area contributed by atoms with Gasteiger partial charge in [-0.15, -0.1) is 0 Å². The van der Waals surface area contributed by atoms with Crippen LogP contribution in [0.5, 0.6) is 0 Å². The van der Waals surface area contributed by atoms with Crippen molar-refractivity contribution in [2.45, 2.75) is 0 Å². The van der Waals surface area contributed by atoms with Crippen LogP contribution < -0.4 is 10.6 Å². The zero-order valence-electron chi connectivity index (χ0n) is 8.36. The molecule has 0 unspecified atom stereocenters. The summed E-state index contributed by atoms with van der Waals surface area (Å²) >= 11 is 0. The monoisotopic (exact) mass is 187 g/mol. The van der Waals surface area contributed by atoms with Crippen molar-refractivity contribution >= 4 is 11.4 Å². The van der Waals surface area contributed by atoms with Crippen LogP contribution in [0.1, 0.15) is 5.56 Å². The van der Waals surface area contributed by atoms with Crippen molar-refractivity contribution in [3.05, 3.63) is 35.9 Å². The molecule has 14 heavy (non-hydrogen) atoms. The quantitative estimate of drug-likeness (QED) is 0.715. The zero-order chi connectivity index (χ0) is 10.6. The van der Waals surface area contributed by atoms with E-state index in [1.807, 2.05) is 49.3 Å². The summed E-state index contributed by atoms with van der Waals surface area (Å²) in [5.41, 5.74) is 8.14. The van der Waals surface area contributed by atoms with Gasteiger partial charge in [0, 0.05) is 31.6 Å². The van der Waals surface area contributed by atoms with Crippen LogP contribution in [0, 0.1) is 11.3 Å². The van der Waals surface area contributed by atoms with Gasteiger partial charge < -0.3 is 10.6 Å². The van der Waals surface area contributed by atoms with Crippen LogP contribution in [-0.2, 0) is 0 Å². The van der Waals surface area contributed by atoms with E-state index in [0.29, 0.717) is 5.70 Å². The Kier molecular flexibility index (Phi) is 3.14. The first-order valence-corrected chi connectivity index (χ1v) is 4.28. The van der Waals surface area contributed by atoms with E-state index in [1.165, 1.54) is 6.08 Å². The normalized spacial score (nSPS) is 10.8. The minimum atomic E-state index is 0.498. The molecule has 0 aromatic heterocycles. The molecule has 0 atom stereocenters. The van der Waals surface area contributed by atoms with E-state index in [9.17, 15) is 0 Å². The Morgan fingerprint density at radius 2 is 1.93 bits per heavy atom. The average molecular weight is 187 g/mol. The van der Waals surface area contributed by atoms with Crippen molar-refractivity contribution < 1.29 is 0 Å².